The zero-order valence-electron chi connectivity index (χ0n) is 11.2. The third-order valence-corrected chi connectivity index (χ3v) is 4.76. The number of hydrogen-bond acceptors (Lipinski definition) is 2. The summed E-state index contributed by atoms with van der Waals surface area (Å²) >= 11 is 0. The average molecular weight is 245 g/mol. The van der Waals surface area contributed by atoms with Crippen molar-refractivity contribution >= 4 is 0 Å². The van der Waals surface area contributed by atoms with Crippen molar-refractivity contribution < 1.29 is 5.11 Å². The van der Waals surface area contributed by atoms with Crippen molar-refractivity contribution in [3.8, 4) is 0 Å². The Kier molecular flexibility index (Phi) is 3.40. The van der Waals surface area contributed by atoms with Crippen LogP contribution in [0.3, 0.4) is 0 Å². The minimum Gasteiger partial charge on any atom is -0.388 e. The minimum absolute atomic E-state index is 0.301. The predicted molar refractivity (Wildman–Crippen MR) is 73.5 cm³/mol. The van der Waals surface area contributed by atoms with Gasteiger partial charge in [0.15, 0.2) is 0 Å². The lowest BCUT2D eigenvalue weighted by Gasteiger charge is -2.27. The van der Waals surface area contributed by atoms with Gasteiger partial charge in [-0.25, -0.2) is 0 Å². The second kappa shape index (κ2) is 5.02. The zero-order chi connectivity index (χ0) is 12.5. The molecule has 2 bridgehead atoms. The Morgan fingerprint density at radius 3 is 2.83 bits per heavy atom. The minimum atomic E-state index is -0.301. The normalized spacial score (nSPS) is 28.8. The average Bonchev–Trinajstić information content (AvgIpc) is 2.98. The number of hydrogen-bond donors (Lipinski definition) is 1. The number of piperidine rings is 1. The maximum absolute atomic E-state index is 10.3. The molecule has 0 aromatic heterocycles. The fourth-order valence-electron chi connectivity index (χ4n) is 3.70. The van der Waals surface area contributed by atoms with Crippen molar-refractivity contribution in [2.45, 2.75) is 44.8 Å². The molecule has 1 aromatic rings. The number of aliphatic hydroxyl groups excluding tert-OH is 1. The summed E-state index contributed by atoms with van der Waals surface area (Å²) in [6.45, 7) is 4.40. The molecule has 1 saturated carbocycles. The summed E-state index contributed by atoms with van der Waals surface area (Å²) in [5.41, 5.74) is 2.30. The molecule has 2 heteroatoms. The molecule has 2 fully saturated rings. The summed E-state index contributed by atoms with van der Waals surface area (Å²) in [5, 5.41) is 10.3. The van der Waals surface area contributed by atoms with Crippen LogP contribution in [0.15, 0.2) is 24.3 Å². The first-order valence-electron chi connectivity index (χ1n) is 7.21. The lowest BCUT2D eigenvalue weighted by Crippen LogP contribution is -2.33. The van der Waals surface area contributed by atoms with Gasteiger partial charge in [0.05, 0.1) is 6.10 Å². The molecule has 2 aliphatic rings. The van der Waals surface area contributed by atoms with Gasteiger partial charge >= 0.3 is 0 Å². The maximum atomic E-state index is 10.3. The largest absolute Gasteiger partial charge is 0.388 e. The van der Waals surface area contributed by atoms with Gasteiger partial charge in [-0.05, 0) is 49.7 Å². The predicted octanol–water partition coefficient (Wildman–Crippen LogP) is 2.90. The van der Waals surface area contributed by atoms with Gasteiger partial charge in [-0.15, -0.1) is 0 Å². The number of aliphatic hydroxyl groups is 1. The smallest absolute Gasteiger partial charge is 0.0804 e. The number of benzene rings is 1. The topological polar surface area (TPSA) is 23.5 Å². The van der Waals surface area contributed by atoms with Gasteiger partial charge in [0.25, 0.3) is 0 Å². The van der Waals surface area contributed by atoms with E-state index < -0.39 is 0 Å². The van der Waals surface area contributed by atoms with Crippen LogP contribution < -0.4 is 0 Å². The van der Waals surface area contributed by atoms with Gasteiger partial charge in [0.1, 0.15) is 0 Å². The van der Waals surface area contributed by atoms with E-state index in [4.69, 9.17) is 0 Å². The molecule has 0 amide bonds. The van der Waals surface area contributed by atoms with Crippen LogP contribution >= 0.6 is 0 Å². The molecule has 0 radical (unpaired) electrons. The standard InChI is InChI=1S/C16H23NO/c1-12-4-2-3-5-15(12)16(18)8-9-17-11-13-6-7-14(17)10-13/h2-5,13-14,16,18H,6-11H2,1H3. The van der Waals surface area contributed by atoms with Crippen LogP contribution in [-0.4, -0.2) is 29.1 Å². The molecule has 0 spiro atoms. The molecule has 1 aliphatic heterocycles. The highest BCUT2D eigenvalue weighted by Gasteiger charge is 2.37. The molecule has 98 valence electrons. The zero-order valence-corrected chi connectivity index (χ0v) is 11.2. The van der Waals surface area contributed by atoms with Crippen LogP contribution in [0.25, 0.3) is 0 Å². The summed E-state index contributed by atoms with van der Waals surface area (Å²) in [4.78, 5) is 2.59. The van der Waals surface area contributed by atoms with Gasteiger partial charge in [0.2, 0.25) is 0 Å². The van der Waals surface area contributed by atoms with Crippen molar-refractivity contribution in [3.05, 3.63) is 35.4 Å². The van der Waals surface area contributed by atoms with Gasteiger partial charge in [-0.1, -0.05) is 24.3 Å². The Morgan fingerprint density at radius 2 is 2.17 bits per heavy atom. The van der Waals surface area contributed by atoms with Crippen LogP contribution in [0.2, 0.25) is 0 Å². The number of aryl methyl sites for hydroxylation is 1. The van der Waals surface area contributed by atoms with E-state index in [1.165, 1.54) is 31.4 Å². The van der Waals surface area contributed by atoms with Gasteiger partial charge < -0.3 is 5.11 Å². The van der Waals surface area contributed by atoms with E-state index in [0.717, 1.165) is 30.5 Å². The number of rotatable bonds is 4. The van der Waals surface area contributed by atoms with Crippen molar-refractivity contribution in [2.24, 2.45) is 5.92 Å². The lowest BCUT2D eigenvalue weighted by molar-refractivity contribution is 0.128. The number of nitrogens with zero attached hydrogens (tertiary/aromatic N) is 1. The quantitative estimate of drug-likeness (QED) is 0.881. The summed E-state index contributed by atoms with van der Waals surface area (Å²) < 4.78 is 0. The van der Waals surface area contributed by atoms with Crippen molar-refractivity contribution in [1.29, 1.82) is 0 Å². The third kappa shape index (κ3) is 2.32. The van der Waals surface area contributed by atoms with Crippen LogP contribution in [-0.2, 0) is 0 Å². The molecule has 1 N–H and O–H groups in total. The van der Waals surface area contributed by atoms with E-state index in [0.29, 0.717) is 0 Å². The van der Waals surface area contributed by atoms with E-state index in [2.05, 4.69) is 24.0 Å². The maximum Gasteiger partial charge on any atom is 0.0804 e. The number of fused-ring (bicyclic) bond motifs is 2. The Labute approximate surface area is 110 Å². The first kappa shape index (κ1) is 12.2. The van der Waals surface area contributed by atoms with Gasteiger partial charge in [-0.3, -0.25) is 4.90 Å². The first-order chi connectivity index (χ1) is 8.74. The highest BCUT2D eigenvalue weighted by Crippen LogP contribution is 2.37. The first-order valence-corrected chi connectivity index (χ1v) is 7.21. The van der Waals surface area contributed by atoms with Crippen molar-refractivity contribution in [1.82, 2.24) is 4.90 Å². The summed E-state index contributed by atoms with van der Waals surface area (Å²) in [6.07, 6.45) is 4.78. The van der Waals surface area contributed by atoms with E-state index >= 15 is 0 Å². The van der Waals surface area contributed by atoms with Crippen LogP contribution in [0, 0.1) is 12.8 Å². The fourth-order valence-corrected chi connectivity index (χ4v) is 3.70. The van der Waals surface area contributed by atoms with Gasteiger partial charge in [-0.2, -0.15) is 0 Å². The second-order valence-electron chi connectivity index (χ2n) is 5.99. The molecule has 1 aliphatic carbocycles. The molecular weight excluding hydrogens is 222 g/mol. The van der Waals surface area contributed by atoms with E-state index in [1.807, 2.05) is 12.1 Å². The molecule has 2 nitrogen and oxygen atoms in total. The molecule has 1 saturated heterocycles. The van der Waals surface area contributed by atoms with Crippen molar-refractivity contribution in [2.75, 3.05) is 13.1 Å². The lowest BCUT2D eigenvalue weighted by atomic mass is 10.0. The second-order valence-corrected chi connectivity index (χ2v) is 5.99. The molecule has 18 heavy (non-hydrogen) atoms. The highest BCUT2D eigenvalue weighted by molar-refractivity contribution is 5.27. The Bertz CT molecular complexity index is 417. The van der Waals surface area contributed by atoms with E-state index in [9.17, 15) is 5.11 Å². The van der Waals surface area contributed by atoms with Crippen molar-refractivity contribution in [3.63, 3.8) is 0 Å². The summed E-state index contributed by atoms with van der Waals surface area (Å²) in [7, 11) is 0. The SMILES string of the molecule is Cc1ccccc1C(O)CCN1CC2CCC1C2. The molecule has 1 aromatic carbocycles. The molecule has 3 unspecified atom stereocenters. The Hall–Kier alpha value is -0.860. The van der Waals surface area contributed by atoms with Crippen LogP contribution in [0.4, 0.5) is 0 Å². The number of likely N-dealkylation sites (tertiary alicyclic amines) is 1. The molecule has 3 atom stereocenters. The molecule has 3 rings (SSSR count). The Balaban J connectivity index is 1.56. The monoisotopic (exact) mass is 245 g/mol. The summed E-state index contributed by atoms with van der Waals surface area (Å²) in [5.74, 6) is 0.950. The molecule has 1 heterocycles. The highest BCUT2D eigenvalue weighted by atomic mass is 16.3. The fraction of sp³-hybridized carbons (Fsp3) is 0.625. The van der Waals surface area contributed by atoms with Crippen LogP contribution in [0.5, 0.6) is 0 Å². The Morgan fingerprint density at radius 1 is 1.33 bits per heavy atom. The molecular formula is C16H23NO. The van der Waals surface area contributed by atoms with Gasteiger partial charge in [0, 0.05) is 19.1 Å². The van der Waals surface area contributed by atoms with E-state index in [-0.39, 0.29) is 6.10 Å². The summed E-state index contributed by atoms with van der Waals surface area (Å²) in [6, 6.07) is 9.00. The third-order valence-electron chi connectivity index (χ3n) is 4.76. The van der Waals surface area contributed by atoms with E-state index in [1.54, 1.807) is 0 Å². The van der Waals surface area contributed by atoms with Crippen LogP contribution in [0.1, 0.15) is 42.9 Å².